The maximum Gasteiger partial charge on any atom is 0.0482 e. The van der Waals surface area contributed by atoms with Crippen LogP contribution in [0.3, 0.4) is 0 Å². The Balaban J connectivity index is 1.82. The number of aromatic nitrogens is 1. The Kier molecular flexibility index (Phi) is 3.35. The number of nitrogens with two attached hydrogens (primary N) is 1. The Morgan fingerprint density at radius 2 is 2.11 bits per heavy atom. The molecule has 2 atom stereocenters. The van der Waals surface area contributed by atoms with Crippen LogP contribution in [0, 0.1) is 0 Å². The molecule has 0 radical (unpaired) electrons. The van der Waals surface area contributed by atoms with E-state index in [1.807, 2.05) is 12.3 Å². The van der Waals surface area contributed by atoms with Crippen molar-refractivity contribution in [2.45, 2.75) is 57.0 Å². The molecule has 2 aliphatic rings. The average Bonchev–Trinajstić information content (AvgIpc) is 3.07. The van der Waals surface area contributed by atoms with E-state index in [0.717, 1.165) is 12.8 Å². The van der Waals surface area contributed by atoms with E-state index in [2.05, 4.69) is 29.8 Å². The molecule has 1 aliphatic carbocycles. The van der Waals surface area contributed by atoms with E-state index in [-0.39, 0.29) is 11.6 Å². The molecule has 3 nitrogen and oxygen atoms in total. The highest BCUT2D eigenvalue weighted by Crippen LogP contribution is 2.38. The quantitative estimate of drug-likeness (QED) is 0.906. The highest BCUT2D eigenvalue weighted by Gasteiger charge is 2.41. The number of pyridine rings is 1. The van der Waals surface area contributed by atoms with E-state index in [4.69, 9.17) is 5.73 Å². The fourth-order valence-corrected chi connectivity index (χ4v) is 3.79. The van der Waals surface area contributed by atoms with Crippen molar-refractivity contribution in [3.05, 3.63) is 29.6 Å². The van der Waals surface area contributed by atoms with E-state index in [1.165, 1.54) is 37.2 Å². The van der Waals surface area contributed by atoms with E-state index in [1.54, 1.807) is 0 Å². The van der Waals surface area contributed by atoms with Crippen LogP contribution in [0.25, 0.3) is 0 Å². The fraction of sp³-hybridized carbons (Fsp3) is 0.688. The third-order valence-corrected chi connectivity index (χ3v) is 5.17. The van der Waals surface area contributed by atoms with Crippen molar-refractivity contribution in [2.24, 2.45) is 5.73 Å². The highest BCUT2D eigenvalue weighted by atomic mass is 15.2. The van der Waals surface area contributed by atoms with Gasteiger partial charge in [0.25, 0.3) is 0 Å². The maximum absolute atomic E-state index is 6.67. The molecule has 0 bridgehead atoms. The standard InChI is InChI=1S/C16H25N3/c1-16(2,19-10-3-4-11-19)15(17)13-8-7-12-6-5-9-18-14(12)13/h5-6,9,13,15H,3-4,7-8,10-11,17H2,1-2H3. The lowest BCUT2D eigenvalue weighted by molar-refractivity contribution is 0.111. The van der Waals surface area contributed by atoms with E-state index in [9.17, 15) is 0 Å². The Bertz CT molecular complexity index is 449. The Hall–Kier alpha value is -0.930. The van der Waals surface area contributed by atoms with Gasteiger partial charge in [-0.3, -0.25) is 9.88 Å². The third-order valence-electron chi connectivity index (χ3n) is 5.17. The van der Waals surface area contributed by atoms with E-state index < -0.39 is 0 Å². The van der Waals surface area contributed by atoms with Gasteiger partial charge in [-0.1, -0.05) is 6.07 Å². The zero-order chi connectivity index (χ0) is 13.5. The molecule has 0 saturated carbocycles. The van der Waals surface area contributed by atoms with Crippen molar-refractivity contribution in [3.8, 4) is 0 Å². The van der Waals surface area contributed by atoms with Gasteiger partial charge in [0, 0.05) is 29.4 Å². The van der Waals surface area contributed by atoms with Gasteiger partial charge in [0.05, 0.1) is 0 Å². The SMILES string of the molecule is CC(C)(C(N)C1CCc2cccnc21)N1CCCC1. The van der Waals surface area contributed by atoms with Crippen molar-refractivity contribution in [3.63, 3.8) is 0 Å². The van der Waals surface area contributed by atoms with Gasteiger partial charge >= 0.3 is 0 Å². The van der Waals surface area contributed by atoms with Gasteiger partial charge in [0.2, 0.25) is 0 Å². The molecule has 1 aromatic rings. The van der Waals surface area contributed by atoms with Crippen molar-refractivity contribution in [2.75, 3.05) is 13.1 Å². The van der Waals surface area contributed by atoms with E-state index in [0.29, 0.717) is 5.92 Å². The summed E-state index contributed by atoms with van der Waals surface area (Å²) in [4.78, 5) is 7.17. The van der Waals surface area contributed by atoms with Crippen LogP contribution in [0.4, 0.5) is 0 Å². The number of rotatable bonds is 3. The molecule has 1 aliphatic heterocycles. The van der Waals surface area contributed by atoms with Crippen LogP contribution in [0.2, 0.25) is 0 Å². The first-order valence-corrected chi connectivity index (χ1v) is 7.55. The molecular formula is C16H25N3. The van der Waals surface area contributed by atoms with Gasteiger partial charge in [-0.2, -0.15) is 0 Å². The molecule has 0 aromatic carbocycles. The van der Waals surface area contributed by atoms with Crippen molar-refractivity contribution in [1.29, 1.82) is 0 Å². The van der Waals surface area contributed by atoms with Gasteiger partial charge in [-0.15, -0.1) is 0 Å². The summed E-state index contributed by atoms with van der Waals surface area (Å²) >= 11 is 0. The monoisotopic (exact) mass is 259 g/mol. The topological polar surface area (TPSA) is 42.1 Å². The number of fused-ring (bicyclic) bond motifs is 1. The summed E-state index contributed by atoms with van der Waals surface area (Å²) in [6, 6.07) is 4.41. The molecule has 1 aromatic heterocycles. The second kappa shape index (κ2) is 4.88. The summed E-state index contributed by atoms with van der Waals surface area (Å²) in [7, 11) is 0. The highest BCUT2D eigenvalue weighted by molar-refractivity contribution is 5.31. The molecule has 2 unspecified atom stereocenters. The second-order valence-electron chi connectivity index (χ2n) is 6.57. The summed E-state index contributed by atoms with van der Waals surface area (Å²) in [5.74, 6) is 0.423. The summed E-state index contributed by atoms with van der Waals surface area (Å²) in [6.45, 7) is 7.01. The Labute approximate surface area is 116 Å². The van der Waals surface area contributed by atoms with E-state index >= 15 is 0 Å². The molecule has 3 heteroatoms. The minimum atomic E-state index is 0.0697. The number of likely N-dealkylation sites (tertiary alicyclic amines) is 1. The number of aryl methyl sites for hydroxylation is 1. The number of hydrogen-bond acceptors (Lipinski definition) is 3. The molecule has 0 amide bonds. The fourth-order valence-electron chi connectivity index (χ4n) is 3.79. The molecule has 0 spiro atoms. The smallest absolute Gasteiger partial charge is 0.0482 e. The molecule has 1 saturated heterocycles. The molecule has 19 heavy (non-hydrogen) atoms. The first kappa shape index (κ1) is 13.1. The van der Waals surface area contributed by atoms with Gasteiger partial charge < -0.3 is 5.73 Å². The second-order valence-corrected chi connectivity index (χ2v) is 6.57. The summed E-state index contributed by atoms with van der Waals surface area (Å²) in [6.07, 6.45) is 6.83. The predicted molar refractivity (Wildman–Crippen MR) is 78.2 cm³/mol. The molecule has 2 N–H and O–H groups in total. The van der Waals surface area contributed by atoms with Crippen LogP contribution in [0.1, 0.15) is 50.3 Å². The van der Waals surface area contributed by atoms with Crippen LogP contribution >= 0.6 is 0 Å². The molecule has 2 heterocycles. The zero-order valence-corrected chi connectivity index (χ0v) is 12.1. The molecule has 1 fully saturated rings. The first-order valence-electron chi connectivity index (χ1n) is 7.55. The maximum atomic E-state index is 6.67. The first-order chi connectivity index (χ1) is 9.10. The van der Waals surface area contributed by atoms with Crippen LogP contribution in [-0.2, 0) is 6.42 Å². The van der Waals surface area contributed by atoms with Gasteiger partial charge in [0.15, 0.2) is 0 Å². The van der Waals surface area contributed by atoms with Crippen molar-refractivity contribution < 1.29 is 0 Å². The lowest BCUT2D eigenvalue weighted by Gasteiger charge is -2.43. The normalized spacial score (nSPS) is 25.5. The average molecular weight is 259 g/mol. The largest absolute Gasteiger partial charge is 0.326 e. The minimum absolute atomic E-state index is 0.0697. The summed E-state index contributed by atoms with van der Waals surface area (Å²) < 4.78 is 0. The lowest BCUT2D eigenvalue weighted by Crippen LogP contribution is -2.57. The van der Waals surface area contributed by atoms with Gasteiger partial charge in [-0.05, 0) is 64.3 Å². The van der Waals surface area contributed by atoms with Crippen LogP contribution in [0.5, 0.6) is 0 Å². The van der Waals surface area contributed by atoms with Crippen LogP contribution in [0.15, 0.2) is 18.3 Å². The third kappa shape index (κ3) is 2.19. The molecular weight excluding hydrogens is 234 g/mol. The lowest BCUT2D eigenvalue weighted by atomic mass is 9.82. The Morgan fingerprint density at radius 3 is 2.84 bits per heavy atom. The molecule has 104 valence electrons. The van der Waals surface area contributed by atoms with Gasteiger partial charge in [-0.25, -0.2) is 0 Å². The zero-order valence-electron chi connectivity index (χ0n) is 12.1. The number of nitrogens with zero attached hydrogens (tertiary/aromatic N) is 2. The minimum Gasteiger partial charge on any atom is -0.326 e. The summed E-state index contributed by atoms with van der Waals surface area (Å²) in [5.41, 5.74) is 9.39. The molecule has 3 rings (SSSR count). The van der Waals surface area contributed by atoms with Crippen molar-refractivity contribution in [1.82, 2.24) is 9.88 Å². The summed E-state index contributed by atoms with van der Waals surface area (Å²) in [5, 5.41) is 0. The van der Waals surface area contributed by atoms with Crippen LogP contribution in [-0.4, -0.2) is 34.6 Å². The number of hydrogen-bond donors (Lipinski definition) is 1. The predicted octanol–water partition coefficient (Wildman–Crippen LogP) is 2.31. The Morgan fingerprint density at radius 1 is 1.37 bits per heavy atom. The van der Waals surface area contributed by atoms with Gasteiger partial charge in [0.1, 0.15) is 0 Å². The van der Waals surface area contributed by atoms with Crippen molar-refractivity contribution >= 4 is 0 Å². The van der Waals surface area contributed by atoms with Crippen LogP contribution < -0.4 is 5.73 Å².